The quantitative estimate of drug-likeness (QED) is 0.742. The van der Waals surface area contributed by atoms with Gasteiger partial charge in [-0.1, -0.05) is 60.9 Å². The summed E-state index contributed by atoms with van der Waals surface area (Å²) in [5, 5.41) is 0. The minimum absolute atomic E-state index is 0.919. The molecule has 0 radical (unpaired) electrons. The first-order valence-corrected chi connectivity index (χ1v) is 6.08. The molecular formula is C12H15NS2. The third kappa shape index (κ3) is 4.06. The Balaban J connectivity index is 2.51. The number of hydrogen-bond donors (Lipinski definition) is 0. The van der Waals surface area contributed by atoms with Gasteiger partial charge in [0.1, 0.15) is 4.32 Å². The van der Waals surface area contributed by atoms with Crippen LogP contribution in [0.5, 0.6) is 0 Å². The van der Waals surface area contributed by atoms with Crippen molar-refractivity contribution in [2.45, 2.75) is 5.75 Å². The van der Waals surface area contributed by atoms with Crippen LogP contribution in [0.25, 0.3) is 6.08 Å². The molecule has 1 aromatic carbocycles. The lowest BCUT2D eigenvalue weighted by Gasteiger charge is -2.12. The topological polar surface area (TPSA) is 3.24 Å². The maximum Gasteiger partial charge on any atom is 0.136 e. The summed E-state index contributed by atoms with van der Waals surface area (Å²) in [4.78, 5) is 1.96. The molecule has 1 nitrogen and oxygen atoms in total. The number of rotatable bonds is 3. The van der Waals surface area contributed by atoms with Crippen LogP contribution in [0.3, 0.4) is 0 Å². The normalized spacial score (nSPS) is 9.73. The third-order valence-electron chi connectivity index (χ3n) is 1.94. The molecule has 0 fully saturated rings. The lowest BCUT2D eigenvalue weighted by atomic mass is 10.1. The van der Waals surface area contributed by atoms with Crippen LogP contribution in [-0.2, 0) is 5.75 Å². The van der Waals surface area contributed by atoms with Crippen molar-refractivity contribution < 1.29 is 0 Å². The van der Waals surface area contributed by atoms with E-state index in [-0.39, 0.29) is 0 Å². The molecule has 0 amide bonds. The highest BCUT2D eigenvalue weighted by molar-refractivity contribution is 8.22. The van der Waals surface area contributed by atoms with Crippen molar-refractivity contribution in [3.8, 4) is 0 Å². The SMILES string of the molecule is C=Cc1ccc(CSC(=S)N(C)C)cc1. The van der Waals surface area contributed by atoms with Crippen molar-refractivity contribution in [3.63, 3.8) is 0 Å². The average Bonchev–Trinajstić information content (AvgIpc) is 2.26. The Labute approximate surface area is 101 Å². The lowest BCUT2D eigenvalue weighted by Crippen LogP contribution is -2.16. The van der Waals surface area contributed by atoms with E-state index in [1.165, 1.54) is 5.56 Å². The Kier molecular flexibility index (Phi) is 4.85. The molecule has 0 aliphatic rings. The van der Waals surface area contributed by atoms with Gasteiger partial charge in [0.05, 0.1) is 0 Å². The van der Waals surface area contributed by atoms with Crippen LogP contribution in [0.15, 0.2) is 30.8 Å². The first-order chi connectivity index (χ1) is 7.13. The molecule has 0 saturated carbocycles. The summed E-state index contributed by atoms with van der Waals surface area (Å²) >= 11 is 6.88. The summed E-state index contributed by atoms with van der Waals surface area (Å²) in [6.07, 6.45) is 1.85. The number of nitrogens with zero attached hydrogens (tertiary/aromatic N) is 1. The maximum atomic E-state index is 5.20. The van der Waals surface area contributed by atoms with Gasteiger partial charge in [-0.3, -0.25) is 0 Å². The second kappa shape index (κ2) is 5.93. The molecule has 0 aliphatic heterocycles. The van der Waals surface area contributed by atoms with Crippen molar-refractivity contribution in [1.29, 1.82) is 0 Å². The Morgan fingerprint density at radius 3 is 2.47 bits per heavy atom. The molecule has 1 aromatic rings. The van der Waals surface area contributed by atoms with Crippen molar-refractivity contribution >= 4 is 34.4 Å². The largest absolute Gasteiger partial charge is 0.364 e. The first-order valence-electron chi connectivity index (χ1n) is 4.69. The van der Waals surface area contributed by atoms with Crippen molar-refractivity contribution in [1.82, 2.24) is 4.90 Å². The summed E-state index contributed by atoms with van der Waals surface area (Å²) in [5.74, 6) is 0.925. The molecule has 0 bridgehead atoms. The van der Waals surface area contributed by atoms with E-state index in [1.807, 2.05) is 25.1 Å². The fourth-order valence-electron chi connectivity index (χ4n) is 1.02. The van der Waals surface area contributed by atoms with Crippen LogP contribution in [0.1, 0.15) is 11.1 Å². The molecule has 15 heavy (non-hydrogen) atoms. The Bertz CT molecular complexity index is 341. The zero-order valence-electron chi connectivity index (χ0n) is 9.06. The highest BCUT2D eigenvalue weighted by atomic mass is 32.2. The molecule has 80 valence electrons. The molecule has 0 atom stereocenters. The summed E-state index contributed by atoms with van der Waals surface area (Å²) in [6, 6.07) is 8.37. The summed E-state index contributed by atoms with van der Waals surface area (Å²) in [7, 11) is 3.94. The van der Waals surface area contributed by atoms with E-state index in [2.05, 4.69) is 30.8 Å². The zero-order valence-corrected chi connectivity index (χ0v) is 10.7. The zero-order chi connectivity index (χ0) is 11.3. The van der Waals surface area contributed by atoms with Gasteiger partial charge in [-0.15, -0.1) is 0 Å². The fourth-order valence-corrected chi connectivity index (χ4v) is 1.94. The molecule has 1 rings (SSSR count). The van der Waals surface area contributed by atoms with Crippen LogP contribution in [0, 0.1) is 0 Å². The van der Waals surface area contributed by atoms with E-state index in [1.54, 1.807) is 11.8 Å². The fraction of sp³-hybridized carbons (Fsp3) is 0.250. The molecule has 0 aliphatic carbocycles. The molecule has 0 N–H and O–H groups in total. The predicted octanol–water partition coefficient (Wildman–Crippen LogP) is 3.41. The monoisotopic (exact) mass is 237 g/mol. The number of benzene rings is 1. The van der Waals surface area contributed by atoms with Crippen LogP contribution in [0.4, 0.5) is 0 Å². The van der Waals surface area contributed by atoms with Gasteiger partial charge >= 0.3 is 0 Å². The molecule has 0 aromatic heterocycles. The van der Waals surface area contributed by atoms with E-state index in [0.717, 1.165) is 15.6 Å². The second-order valence-corrected chi connectivity index (χ2v) is 5.00. The van der Waals surface area contributed by atoms with E-state index >= 15 is 0 Å². The van der Waals surface area contributed by atoms with Gasteiger partial charge in [-0.2, -0.15) is 0 Å². The van der Waals surface area contributed by atoms with Gasteiger partial charge in [-0.25, -0.2) is 0 Å². The van der Waals surface area contributed by atoms with Gasteiger partial charge in [0.15, 0.2) is 0 Å². The summed E-state index contributed by atoms with van der Waals surface area (Å²) < 4.78 is 0.919. The lowest BCUT2D eigenvalue weighted by molar-refractivity contribution is 0.648. The van der Waals surface area contributed by atoms with Crippen molar-refractivity contribution in [2.75, 3.05) is 14.1 Å². The minimum Gasteiger partial charge on any atom is -0.364 e. The average molecular weight is 237 g/mol. The molecule has 0 heterocycles. The Morgan fingerprint density at radius 1 is 1.40 bits per heavy atom. The van der Waals surface area contributed by atoms with E-state index < -0.39 is 0 Å². The molecule has 0 spiro atoms. The van der Waals surface area contributed by atoms with E-state index in [0.29, 0.717) is 0 Å². The van der Waals surface area contributed by atoms with Crippen molar-refractivity contribution in [3.05, 3.63) is 42.0 Å². The van der Waals surface area contributed by atoms with Crippen LogP contribution >= 0.6 is 24.0 Å². The molecule has 0 saturated heterocycles. The maximum absolute atomic E-state index is 5.20. The highest BCUT2D eigenvalue weighted by Crippen LogP contribution is 2.16. The standard InChI is InChI=1S/C12H15NS2/c1-4-10-5-7-11(8-6-10)9-15-12(14)13(2)3/h4-8H,1,9H2,2-3H3. The number of thioether (sulfide) groups is 1. The minimum atomic E-state index is 0.919. The van der Waals surface area contributed by atoms with Crippen LogP contribution in [0.2, 0.25) is 0 Å². The second-order valence-electron chi connectivity index (χ2n) is 3.39. The summed E-state index contributed by atoms with van der Waals surface area (Å²) in [6.45, 7) is 3.73. The Morgan fingerprint density at radius 2 is 2.00 bits per heavy atom. The smallest absolute Gasteiger partial charge is 0.136 e. The van der Waals surface area contributed by atoms with E-state index in [9.17, 15) is 0 Å². The first kappa shape index (κ1) is 12.3. The van der Waals surface area contributed by atoms with Gasteiger partial charge in [0.2, 0.25) is 0 Å². The summed E-state index contributed by atoms with van der Waals surface area (Å²) in [5.41, 5.74) is 2.44. The van der Waals surface area contributed by atoms with Gasteiger partial charge in [0, 0.05) is 19.8 Å². The Hall–Kier alpha value is -0.800. The third-order valence-corrected chi connectivity index (χ3v) is 3.75. The van der Waals surface area contributed by atoms with E-state index in [4.69, 9.17) is 12.2 Å². The van der Waals surface area contributed by atoms with Gasteiger partial charge < -0.3 is 4.90 Å². The molecule has 3 heteroatoms. The predicted molar refractivity (Wildman–Crippen MR) is 74.1 cm³/mol. The van der Waals surface area contributed by atoms with Gasteiger partial charge in [-0.05, 0) is 11.1 Å². The molecule has 0 unspecified atom stereocenters. The van der Waals surface area contributed by atoms with Crippen molar-refractivity contribution in [2.24, 2.45) is 0 Å². The number of hydrogen-bond acceptors (Lipinski definition) is 2. The number of thiocarbonyl (C=S) groups is 1. The highest BCUT2D eigenvalue weighted by Gasteiger charge is 2.00. The van der Waals surface area contributed by atoms with Crippen LogP contribution in [-0.4, -0.2) is 23.3 Å². The molecular weight excluding hydrogens is 222 g/mol. The van der Waals surface area contributed by atoms with Crippen LogP contribution < -0.4 is 0 Å². The van der Waals surface area contributed by atoms with Gasteiger partial charge in [0.25, 0.3) is 0 Å².